The van der Waals surface area contributed by atoms with Crippen LogP contribution >= 0.6 is 11.6 Å². The molecule has 2 rings (SSSR count). The first-order chi connectivity index (χ1) is 11.9. The zero-order chi connectivity index (χ0) is 18.6. The maximum atomic E-state index is 12.9. The van der Waals surface area contributed by atoms with Crippen molar-refractivity contribution in [2.75, 3.05) is 40.4 Å². The molecule has 7 nitrogen and oxygen atoms in total. The Bertz CT molecular complexity index is 548. The van der Waals surface area contributed by atoms with Crippen molar-refractivity contribution >= 4 is 17.5 Å². The zero-order valence-electron chi connectivity index (χ0n) is 15.2. The van der Waals surface area contributed by atoms with E-state index in [4.69, 9.17) is 32.5 Å². The van der Waals surface area contributed by atoms with Crippen LogP contribution in [0.15, 0.2) is 22.6 Å². The molecular formula is C17H29ClN4O3. The number of hydrogen-bond acceptors (Lipinski definition) is 6. The molecule has 0 aromatic heterocycles. The van der Waals surface area contributed by atoms with Gasteiger partial charge in [0.15, 0.2) is 0 Å². The molecule has 2 aliphatic heterocycles. The largest absolute Gasteiger partial charge is 0.389 e. The van der Waals surface area contributed by atoms with Gasteiger partial charge in [-0.3, -0.25) is 4.79 Å². The summed E-state index contributed by atoms with van der Waals surface area (Å²) < 4.78 is 10.9. The number of carbonyl (C=O) groups is 1. The van der Waals surface area contributed by atoms with Crippen LogP contribution in [-0.4, -0.2) is 68.3 Å². The van der Waals surface area contributed by atoms with Crippen molar-refractivity contribution in [1.29, 1.82) is 0 Å². The predicted octanol–water partition coefficient (Wildman–Crippen LogP) is 0.800. The highest BCUT2D eigenvalue weighted by molar-refractivity contribution is 6.29. The SMILES string of the molecule is COC1CCN(C(=O)C2CCN(/C(N)=C(C)/C=C(\N)Cl)C2)CC1OC. The van der Waals surface area contributed by atoms with Gasteiger partial charge in [0.1, 0.15) is 11.9 Å². The maximum Gasteiger partial charge on any atom is 0.227 e. The normalized spacial score (nSPS) is 29.0. The Labute approximate surface area is 154 Å². The van der Waals surface area contributed by atoms with E-state index in [1.54, 1.807) is 20.3 Å². The molecule has 2 heterocycles. The number of rotatable bonds is 5. The Morgan fingerprint density at radius 3 is 2.32 bits per heavy atom. The minimum absolute atomic E-state index is 0.0446. The third kappa shape index (κ3) is 4.80. The first-order valence-corrected chi connectivity index (χ1v) is 8.93. The lowest BCUT2D eigenvalue weighted by Gasteiger charge is -2.38. The van der Waals surface area contributed by atoms with Crippen molar-refractivity contribution in [2.24, 2.45) is 17.4 Å². The second-order valence-corrected chi connectivity index (χ2v) is 7.09. The minimum atomic E-state index is -0.0794. The lowest BCUT2D eigenvalue weighted by molar-refractivity contribution is -0.144. The molecule has 25 heavy (non-hydrogen) atoms. The number of piperidine rings is 1. The van der Waals surface area contributed by atoms with E-state index >= 15 is 0 Å². The Kier molecular flexibility index (Phi) is 6.98. The van der Waals surface area contributed by atoms with Gasteiger partial charge in [-0.2, -0.15) is 0 Å². The summed E-state index contributed by atoms with van der Waals surface area (Å²) in [6.07, 6.45) is 3.17. The number of likely N-dealkylation sites (tertiary alicyclic amines) is 2. The number of carbonyl (C=O) groups excluding carboxylic acids is 1. The van der Waals surface area contributed by atoms with Crippen LogP contribution in [0.5, 0.6) is 0 Å². The average molecular weight is 373 g/mol. The summed E-state index contributed by atoms with van der Waals surface area (Å²) >= 11 is 5.70. The number of halogens is 1. The summed E-state index contributed by atoms with van der Waals surface area (Å²) in [7, 11) is 3.34. The van der Waals surface area contributed by atoms with E-state index in [1.807, 2.05) is 16.7 Å². The summed E-state index contributed by atoms with van der Waals surface area (Å²) in [6, 6.07) is 0. The lowest BCUT2D eigenvalue weighted by Crippen LogP contribution is -2.52. The van der Waals surface area contributed by atoms with Crippen molar-refractivity contribution in [3.8, 4) is 0 Å². The van der Waals surface area contributed by atoms with E-state index in [2.05, 4.69) is 0 Å². The van der Waals surface area contributed by atoms with Crippen molar-refractivity contribution in [1.82, 2.24) is 9.80 Å². The van der Waals surface area contributed by atoms with Gasteiger partial charge in [-0.15, -0.1) is 0 Å². The second-order valence-electron chi connectivity index (χ2n) is 6.65. The van der Waals surface area contributed by atoms with Gasteiger partial charge in [0.25, 0.3) is 0 Å². The minimum Gasteiger partial charge on any atom is -0.389 e. The smallest absolute Gasteiger partial charge is 0.227 e. The molecule has 2 fully saturated rings. The van der Waals surface area contributed by atoms with E-state index in [-0.39, 0.29) is 29.2 Å². The third-order valence-electron chi connectivity index (χ3n) is 5.05. The van der Waals surface area contributed by atoms with Crippen LogP contribution < -0.4 is 11.5 Å². The molecule has 2 saturated heterocycles. The van der Waals surface area contributed by atoms with Crippen molar-refractivity contribution in [3.63, 3.8) is 0 Å². The average Bonchev–Trinajstić information content (AvgIpc) is 3.09. The van der Waals surface area contributed by atoms with Crippen LogP contribution in [0.3, 0.4) is 0 Å². The summed E-state index contributed by atoms with van der Waals surface area (Å²) in [5.41, 5.74) is 12.5. The van der Waals surface area contributed by atoms with Gasteiger partial charge in [-0.25, -0.2) is 0 Å². The molecule has 3 atom stereocenters. The number of nitrogens with zero attached hydrogens (tertiary/aromatic N) is 2. The topological polar surface area (TPSA) is 94.0 Å². The molecule has 2 aliphatic rings. The molecular weight excluding hydrogens is 344 g/mol. The Morgan fingerprint density at radius 2 is 1.72 bits per heavy atom. The molecule has 0 spiro atoms. The van der Waals surface area contributed by atoms with Crippen LogP contribution in [0.1, 0.15) is 19.8 Å². The van der Waals surface area contributed by atoms with Crippen molar-refractivity contribution in [2.45, 2.75) is 32.0 Å². The quantitative estimate of drug-likeness (QED) is 0.547. The van der Waals surface area contributed by atoms with Crippen molar-refractivity contribution < 1.29 is 14.3 Å². The van der Waals surface area contributed by atoms with Crippen LogP contribution in [0, 0.1) is 5.92 Å². The standard InChI is InChI=1S/C17H29ClN4O3/c1-11(8-15(18)19)16(20)21-6-4-12(9-21)17(23)22-7-5-13(24-2)14(10-22)25-3/h8,12-14H,4-7,9-10,19-20H2,1-3H3/b15-8-,16-11+. The summed E-state index contributed by atoms with van der Waals surface area (Å²) in [5, 5.41) is 0.193. The van der Waals surface area contributed by atoms with Crippen LogP contribution in [-0.2, 0) is 14.3 Å². The van der Waals surface area contributed by atoms with Gasteiger partial charge in [0.2, 0.25) is 5.91 Å². The summed E-state index contributed by atoms with van der Waals surface area (Å²) in [5.74, 6) is 0.726. The van der Waals surface area contributed by atoms with Crippen molar-refractivity contribution in [3.05, 3.63) is 22.6 Å². The number of hydrogen-bond donors (Lipinski definition) is 2. The Balaban J connectivity index is 1.97. The van der Waals surface area contributed by atoms with Gasteiger partial charge >= 0.3 is 0 Å². The van der Waals surface area contributed by atoms with Crippen LogP contribution in [0.4, 0.5) is 0 Å². The molecule has 0 aromatic rings. The highest BCUT2D eigenvalue weighted by Crippen LogP contribution is 2.25. The van der Waals surface area contributed by atoms with Gasteiger partial charge in [-0.1, -0.05) is 11.6 Å². The molecule has 142 valence electrons. The van der Waals surface area contributed by atoms with E-state index in [1.165, 1.54) is 0 Å². The monoisotopic (exact) mass is 372 g/mol. The molecule has 0 bridgehead atoms. The van der Waals surface area contributed by atoms with Gasteiger partial charge in [0.05, 0.1) is 17.2 Å². The molecule has 1 amide bonds. The van der Waals surface area contributed by atoms with E-state index in [9.17, 15) is 4.79 Å². The fourth-order valence-corrected chi connectivity index (χ4v) is 3.72. The van der Waals surface area contributed by atoms with Gasteiger partial charge < -0.3 is 30.7 Å². The van der Waals surface area contributed by atoms with Gasteiger partial charge in [-0.05, 0) is 31.4 Å². The second kappa shape index (κ2) is 8.78. The fraction of sp³-hybridized carbons (Fsp3) is 0.706. The van der Waals surface area contributed by atoms with E-state index in [0.29, 0.717) is 25.5 Å². The molecule has 3 unspecified atom stereocenters. The van der Waals surface area contributed by atoms with Crippen LogP contribution in [0.2, 0.25) is 0 Å². The third-order valence-corrected chi connectivity index (χ3v) is 5.16. The lowest BCUT2D eigenvalue weighted by atomic mass is 10.0. The van der Waals surface area contributed by atoms with Crippen LogP contribution in [0.25, 0.3) is 0 Å². The first-order valence-electron chi connectivity index (χ1n) is 8.55. The Morgan fingerprint density at radius 1 is 1.08 bits per heavy atom. The predicted molar refractivity (Wildman–Crippen MR) is 97.5 cm³/mol. The molecule has 0 radical (unpaired) electrons. The number of amides is 1. The molecule has 4 N–H and O–H groups in total. The molecule has 8 heteroatoms. The first kappa shape index (κ1) is 19.9. The number of allylic oxidation sites excluding steroid dienone is 2. The number of nitrogens with two attached hydrogens (primary N) is 2. The van der Waals surface area contributed by atoms with Gasteiger partial charge in [0, 0.05) is 40.4 Å². The summed E-state index contributed by atoms with van der Waals surface area (Å²) in [6.45, 7) is 4.49. The Hall–Kier alpha value is -1.44. The highest BCUT2D eigenvalue weighted by atomic mass is 35.5. The maximum absolute atomic E-state index is 12.9. The molecule has 0 aromatic carbocycles. The number of methoxy groups -OCH3 is 2. The highest BCUT2D eigenvalue weighted by Gasteiger charge is 2.37. The number of ether oxygens (including phenoxy) is 2. The van der Waals surface area contributed by atoms with E-state index < -0.39 is 0 Å². The summed E-state index contributed by atoms with van der Waals surface area (Å²) in [4.78, 5) is 16.8. The molecule has 0 saturated carbocycles. The zero-order valence-corrected chi connectivity index (χ0v) is 16.0. The van der Waals surface area contributed by atoms with E-state index in [0.717, 1.165) is 25.0 Å². The fourth-order valence-electron chi connectivity index (χ4n) is 3.56. The molecule has 0 aliphatic carbocycles.